The van der Waals surface area contributed by atoms with E-state index in [1.54, 1.807) is 49.6 Å². The van der Waals surface area contributed by atoms with Gasteiger partial charge in [0.25, 0.3) is 0 Å². The summed E-state index contributed by atoms with van der Waals surface area (Å²) in [6, 6.07) is 17.7. The number of hydrogen-bond acceptors (Lipinski definition) is 8. The Morgan fingerprint density at radius 1 is 0.882 bits per heavy atom. The number of benzene rings is 3. The molecular formula is C24H24N2O7S. The van der Waals surface area contributed by atoms with Gasteiger partial charge in [-0.05, 0) is 42.0 Å². The molecule has 3 rings (SSSR count). The minimum Gasteiger partial charge on any atom is -0.497 e. The van der Waals surface area contributed by atoms with E-state index < -0.39 is 10.1 Å². The minimum absolute atomic E-state index is 0.0445. The topological polar surface area (TPSA) is 113 Å². The van der Waals surface area contributed by atoms with Crippen LogP contribution in [0, 0.1) is 0 Å². The number of para-hydroxylation sites is 1. The molecule has 0 atom stereocenters. The molecule has 0 fully saturated rings. The number of ether oxygens (including phenoxy) is 3. The Kier molecular flexibility index (Phi) is 8.10. The van der Waals surface area contributed by atoms with Crippen LogP contribution in [0.3, 0.4) is 0 Å². The summed E-state index contributed by atoms with van der Waals surface area (Å²) in [5, 5.41) is 3.93. The second kappa shape index (κ2) is 11.2. The minimum atomic E-state index is -4.18. The van der Waals surface area contributed by atoms with E-state index in [0.29, 0.717) is 17.1 Å². The second-order valence-electron chi connectivity index (χ2n) is 6.91. The summed E-state index contributed by atoms with van der Waals surface area (Å²) in [5.74, 6) is 0.985. The van der Waals surface area contributed by atoms with E-state index in [-0.39, 0.29) is 28.7 Å². The van der Waals surface area contributed by atoms with E-state index in [2.05, 4.69) is 10.5 Å². The lowest BCUT2D eigenvalue weighted by Crippen LogP contribution is -2.20. The molecular weight excluding hydrogens is 460 g/mol. The summed E-state index contributed by atoms with van der Waals surface area (Å²) in [5.41, 5.74) is 3.54. The number of hydrogen-bond donors (Lipinski definition) is 1. The standard InChI is InChI=1S/C24H24N2O7S/c1-30-19-9-6-7-17(13-19)14-24(27)26-25-16-18-8-4-5-10-21(18)33-34(28,29)20-11-12-22(31-2)23(15-20)32-3/h4-13,15-16H,14H2,1-3H3,(H,26,27). The highest BCUT2D eigenvalue weighted by Gasteiger charge is 2.20. The van der Waals surface area contributed by atoms with Crippen molar-refractivity contribution < 1.29 is 31.6 Å². The number of nitrogens with zero attached hydrogens (tertiary/aromatic N) is 1. The summed E-state index contributed by atoms with van der Waals surface area (Å²) in [6.07, 6.45) is 1.41. The van der Waals surface area contributed by atoms with Crippen molar-refractivity contribution in [2.75, 3.05) is 21.3 Å². The first-order valence-corrected chi connectivity index (χ1v) is 11.5. The van der Waals surface area contributed by atoms with E-state index in [0.717, 1.165) is 5.56 Å². The van der Waals surface area contributed by atoms with Crippen LogP contribution >= 0.6 is 0 Å². The zero-order chi connectivity index (χ0) is 24.6. The molecule has 0 aromatic heterocycles. The van der Waals surface area contributed by atoms with Crippen molar-refractivity contribution in [3.63, 3.8) is 0 Å². The molecule has 0 heterocycles. The smallest absolute Gasteiger partial charge is 0.339 e. The number of nitrogens with one attached hydrogen (secondary N) is 1. The van der Waals surface area contributed by atoms with Gasteiger partial charge >= 0.3 is 10.1 Å². The Balaban J connectivity index is 1.71. The fourth-order valence-corrected chi connectivity index (χ4v) is 3.95. The number of methoxy groups -OCH3 is 3. The van der Waals surface area contributed by atoms with E-state index >= 15 is 0 Å². The average molecular weight is 485 g/mol. The highest BCUT2D eigenvalue weighted by molar-refractivity contribution is 7.87. The lowest BCUT2D eigenvalue weighted by atomic mass is 10.1. The molecule has 0 radical (unpaired) electrons. The van der Waals surface area contributed by atoms with Gasteiger partial charge in [0.05, 0.1) is 34.0 Å². The second-order valence-corrected chi connectivity index (χ2v) is 8.46. The van der Waals surface area contributed by atoms with Gasteiger partial charge in [0, 0.05) is 11.6 Å². The van der Waals surface area contributed by atoms with Crippen molar-refractivity contribution in [1.82, 2.24) is 5.43 Å². The van der Waals surface area contributed by atoms with Crippen molar-refractivity contribution in [3.8, 4) is 23.0 Å². The van der Waals surface area contributed by atoms with Crippen molar-refractivity contribution in [1.29, 1.82) is 0 Å². The van der Waals surface area contributed by atoms with Gasteiger partial charge < -0.3 is 18.4 Å². The van der Waals surface area contributed by atoms with Crippen molar-refractivity contribution in [2.45, 2.75) is 11.3 Å². The number of hydrazone groups is 1. The van der Waals surface area contributed by atoms with E-state index in [1.807, 2.05) is 0 Å². The monoisotopic (exact) mass is 484 g/mol. The molecule has 10 heteroatoms. The fourth-order valence-electron chi connectivity index (χ4n) is 2.98. The van der Waals surface area contributed by atoms with E-state index in [1.165, 1.54) is 44.7 Å². The molecule has 9 nitrogen and oxygen atoms in total. The zero-order valence-electron chi connectivity index (χ0n) is 18.8. The molecule has 178 valence electrons. The maximum atomic E-state index is 12.8. The summed E-state index contributed by atoms with van der Waals surface area (Å²) >= 11 is 0. The summed E-state index contributed by atoms with van der Waals surface area (Å²) in [7, 11) is 0.230. The highest BCUT2D eigenvalue weighted by atomic mass is 32.2. The molecule has 1 amide bonds. The molecule has 0 aliphatic heterocycles. The van der Waals surface area contributed by atoms with Crippen molar-refractivity contribution in [2.24, 2.45) is 5.10 Å². The van der Waals surface area contributed by atoms with Gasteiger partial charge in [0.15, 0.2) is 17.2 Å². The zero-order valence-corrected chi connectivity index (χ0v) is 19.7. The Bertz CT molecular complexity index is 1290. The summed E-state index contributed by atoms with van der Waals surface area (Å²) in [6.45, 7) is 0. The molecule has 3 aromatic carbocycles. The molecule has 0 spiro atoms. The van der Waals surface area contributed by atoms with Gasteiger partial charge in [-0.3, -0.25) is 4.79 Å². The molecule has 0 aliphatic rings. The molecule has 0 bridgehead atoms. The SMILES string of the molecule is COc1cccc(CC(=O)NN=Cc2ccccc2OS(=O)(=O)c2ccc(OC)c(OC)c2)c1. The average Bonchev–Trinajstić information content (AvgIpc) is 2.84. The van der Waals surface area contributed by atoms with Crippen LogP contribution in [0.5, 0.6) is 23.0 Å². The van der Waals surface area contributed by atoms with Crippen LogP contribution < -0.4 is 23.8 Å². The summed E-state index contributed by atoms with van der Waals surface area (Å²) in [4.78, 5) is 12.1. The maximum Gasteiger partial charge on any atom is 0.339 e. The molecule has 3 aromatic rings. The van der Waals surface area contributed by atoms with Crippen LogP contribution in [0.2, 0.25) is 0 Å². The number of rotatable bonds is 10. The van der Waals surface area contributed by atoms with Crippen LogP contribution in [0.15, 0.2) is 76.7 Å². The fraction of sp³-hybridized carbons (Fsp3) is 0.167. The van der Waals surface area contributed by atoms with Crippen LogP contribution in [0.4, 0.5) is 0 Å². The largest absolute Gasteiger partial charge is 0.497 e. The van der Waals surface area contributed by atoms with E-state index in [4.69, 9.17) is 18.4 Å². The van der Waals surface area contributed by atoms with Gasteiger partial charge in [-0.2, -0.15) is 13.5 Å². The quantitative estimate of drug-likeness (QED) is 0.267. The molecule has 0 saturated heterocycles. The highest BCUT2D eigenvalue weighted by Crippen LogP contribution is 2.31. The number of carbonyl (C=O) groups is 1. The molecule has 34 heavy (non-hydrogen) atoms. The number of carbonyl (C=O) groups excluding carboxylic acids is 1. The molecule has 0 unspecified atom stereocenters. The van der Waals surface area contributed by atoms with Gasteiger partial charge in [0.1, 0.15) is 10.6 Å². The van der Waals surface area contributed by atoms with Crippen LogP contribution in [-0.2, 0) is 21.3 Å². The predicted octanol–water partition coefficient (Wildman–Crippen LogP) is 3.17. The molecule has 0 saturated carbocycles. The first kappa shape index (κ1) is 24.6. The lowest BCUT2D eigenvalue weighted by Gasteiger charge is -2.12. The number of amides is 1. The normalized spacial score (nSPS) is 11.1. The Morgan fingerprint density at radius 2 is 1.65 bits per heavy atom. The first-order valence-electron chi connectivity index (χ1n) is 10.1. The van der Waals surface area contributed by atoms with Gasteiger partial charge in [-0.1, -0.05) is 24.3 Å². The van der Waals surface area contributed by atoms with Crippen LogP contribution in [0.1, 0.15) is 11.1 Å². The van der Waals surface area contributed by atoms with E-state index in [9.17, 15) is 13.2 Å². The molecule has 1 N–H and O–H groups in total. The summed E-state index contributed by atoms with van der Waals surface area (Å²) < 4.78 is 46.4. The predicted molar refractivity (Wildman–Crippen MR) is 126 cm³/mol. The van der Waals surface area contributed by atoms with Gasteiger partial charge in [-0.15, -0.1) is 0 Å². The van der Waals surface area contributed by atoms with Gasteiger partial charge in [0.2, 0.25) is 5.91 Å². The van der Waals surface area contributed by atoms with Crippen molar-refractivity contribution >= 4 is 22.2 Å². The van der Waals surface area contributed by atoms with Crippen LogP contribution in [0.25, 0.3) is 0 Å². The third-order valence-corrected chi connectivity index (χ3v) is 5.88. The third-order valence-electron chi connectivity index (χ3n) is 4.65. The Hall–Kier alpha value is -4.05. The third kappa shape index (κ3) is 6.26. The first-order chi connectivity index (χ1) is 16.4. The Morgan fingerprint density at radius 3 is 2.38 bits per heavy atom. The Labute approximate surface area is 198 Å². The maximum absolute atomic E-state index is 12.8. The van der Waals surface area contributed by atoms with Crippen molar-refractivity contribution in [3.05, 3.63) is 77.9 Å². The lowest BCUT2D eigenvalue weighted by molar-refractivity contribution is -0.120. The van der Waals surface area contributed by atoms with Crippen LogP contribution in [-0.4, -0.2) is 41.9 Å². The van der Waals surface area contributed by atoms with Gasteiger partial charge in [-0.25, -0.2) is 5.43 Å². The molecule has 0 aliphatic carbocycles.